The van der Waals surface area contributed by atoms with E-state index in [2.05, 4.69) is 10.3 Å². The third-order valence-electron chi connectivity index (χ3n) is 2.99. The molecule has 0 aliphatic heterocycles. The number of hydrogen-bond donors (Lipinski definition) is 1. The van der Waals surface area contributed by atoms with Gasteiger partial charge < -0.3 is 13.9 Å². The second-order valence-corrected chi connectivity index (χ2v) is 4.82. The molecular weight excluding hydrogens is 300 g/mol. The SMILES string of the molecule is CCOC(=O)c1coc(NC(=O)COc2c(C)cccc2C)n1. The quantitative estimate of drug-likeness (QED) is 0.823. The van der Waals surface area contributed by atoms with Gasteiger partial charge in [0.15, 0.2) is 12.3 Å². The molecule has 0 atom stereocenters. The van der Waals surface area contributed by atoms with Gasteiger partial charge in [-0.05, 0) is 31.9 Å². The van der Waals surface area contributed by atoms with E-state index in [4.69, 9.17) is 13.9 Å². The highest BCUT2D eigenvalue weighted by Crippen LogP contribution is 2.22. The van der Waals surface area contributed by atoms with Crippen LogP contribution >= 0.6 is 0 Å². The molecule has 0 unspecified atom stereocenters. The van der Waals surface area contributed by atoms with E-state index in [1.807, 2.05) is 32.0 Å². The minimum Gasteiger partial charge on any atom is -0.483 e. The lowest BCUT2D eigenvalue weighted by molar-refractivity contribution is -0.118. The normalized spacial score (nSPS) is 10.2. The zero-order valence-electron chi connectivity index (χ0n) is 13.2. The molecule has 0 saturated heterocycles. The fraction of sp³-hybridized carbons (Fsp3) is 0.312. The molecule has 2 aromatic rings. The van der Waals surface area contributed by atoms with Crippen molar-refractivity contribution in [3.05, 3.63) is 41.3 Å². The fourth-order valence-corrected chi connectivity index (χ4v) is 1.95. The summed E-state index contributed by atoms with van der Waals surface area (Å²) < 4.78 is 15.3. The first kappa shape index (κ1) is 16.5. The number of amides is 1. The number of para-hydroxylation sites is 1. The van der Waals surface area contributed by atoms with Gasteiger partial charge in [0, 0.05) is 0 Å². The van der Waals surface area contributed by atoms with Crippen LogP contribution < -0.4 is 10.1 Å². The summed E-state index contributed by atoms with van der Waals surface area (Å²) in [7, 11) is 0. The molecule has 0 radical (unpaired) electrons. The number of rotatable bonds is 6. The minimum atomic E-state index is -0.608. The number of nitrogens with one attached hydrogen (secondary N) is 1. The van der Waals surface area contributed by atoms with Crippen molar-refractivity contribution in [3.63, 3.8) is 0 Å². The van der Waals surface area contributed by atoms with Crippen molar-refractivity contribution in [1.82, 2.24) is 4.98 Å². The first-order valence-electron chi connectivity index (χ1n) is 7.12. The monoisotopic (exact) mass is 318 g/mol. The summed E-state index contributed by atoms with van der Waals surface area (Å²) in [6.45, 7) is 5.53. The number of hydrogen-bond acceptors (Lipinski definition) is 6. The Morgan fingerprint density at radius 1 is 1.26 bits per heavy atom. The summed E-state index contributed by atoms with van der Waals surface area (Å²) in [6, 6.07) is 5.64. The number of oxazole rings is 1. The van der Waals surface area contributed by atoms with Crippen molar-refractivity contribution < 1.29 is 23.5 Å². The molecule has 0 fully saturated rings. The van der Waals surface area contributed by atoms with E-state index in [-0.39, 0.29) is 24.9 Å². The van der Waals surface area contributed by atoms with Crippen LogP contribution in [0.1, 0.15) is 28.5 Å². The third kappa shape index (κ3) is 4.32. The van der Waals surface area contributed by atoms with E-state index in [0.29, 0.717) is 5.75 Å². The van der Waals surface area contributed by atoms with Gasteiger partial charge in [-0.25, -0.2) is 4.79 Å². The zero-order valence-corrected chi connectivity index (χ0v) is 13.2. The predicted octanol–water partition coefficient (Wildman–Crippen LogP) is 2.49. The van der Waals surface area contributed by atoms with Crippen molar-refractivity contribution in [2.24, 2.45) is 0 Å². The maximum Gasteiger partial charge on any atom is 0.360 e. The molecule has 0 bridgehead atoms. The van der Waals surface area contributed by atoms with Crippen LogP contribution in [0, 0.1) is 13.8 Å². The van der Waals surface area contributed by atoms with Crippen LogP contribution in [0.5, 0.6) is 5.75 Å². The molecule has 1 aromatic heterocycles. The second kappa shape index (κ2) is 7.44. The number of carbonyl (C=O) groups excluding carboxylic acids is 2. The van der Waals surface area contributed by atoms with Gasteiger partial charge in [-0.1, -0.05) is 18.2 Å². The number of benzene rings is 1. The number of nitrogens with zero attached hydrogens (tertiary/aromatic N) is 1. The molecule has 0 aliphatic carbocycles. The highest BCUT2D eigenvalue weighted by Gasteiger charge is 2.15. The van der Waals surface area contributed by atoms with Crippen molar-refractivity contribution in [2.45, 2.75) is 20.8 Å². The summed E-state index contributed by atoms with van der Waals surface area (Å²) >= 11 is 0. The Bertz CT molecular complexity index is 688. The lowest BCUT2D eigenvalue weighted by Crippen LogP contribution is -2.21. The Balaban J connectivity index is 1.91. The van der Waals surface area contributed by atoms with Gasteiger partial charge in [-0.15, -0.1) is 0 Å². The molecule has 1 amide bonds. The van der Waals surface area contributed by atoms with Gasteiger partial charge in [-0.2, -0.15) is 4.98 Å². The molecule has 7 nitrogen and oxygen atoms in total. The van der Waals surface area contributed by atoms with Crippen LogP contribution in [0.15, 0.2) is 28.9 Å². The smallest absolute Gasteiger partial charge is 0.360 e. The van der Waals surface area contributed by atoms with Gasteiger partial charge >= 0.3 is 12.0 Å². The Hall–Kier alpha value is -2.83. The predicted molar refractivity (Wildman–Crippen MR) is 82.5 cm³/mol. The van der Waals surface area contributed by atoms with Crippen LogP contribution in [-0.4, -0.2) is 30.1 Å². The van der Waals surface area contributed by atoms with E-state index in [1.54, 1.807) is 6.92 Å². The lowest BCUT2D eigenvalue weighted by atomic mass is 10.1. The van der Waals surface area contributed by atoms with Crippen molar-refractivity contribution in [2.75, 3.05) is 18.5 Å². The van der Waals surface area contributed by atoms with Crippen LogP contribution in [0.4, 0.5) is 6.01 Å². The van der Waals surface area contributed by atoms with E-state index in [9.17, 15) is 9.59 Å². The molecular formula is C16H18N2O5. The van der Waals surface area contributed by atoms with Crippen LogP contribution in [0.2, 0.25) is 0 Å². The van der Waals surface area contributed by atoms with Crippen molar-refractivity contribution in [3.8, 4) is 5.75 Å². The Morgan fingerprint density at radius 2 is 1.96 bits per heavy atom. The highest BCUT2D eigenvalue weighted by atomic mass is 16.5. The molecule has 23 heavy (non-hydrogen) atoms. The molecule has 0 spiro atoms. The number of esters is 1. The van der Waals surface area contributed by atoms with Crippen LogP contribution in [0.25, 0.3) is 0 Å². The van der Waals surface area contributed by atoms with Crippen LogP contribution in [0.3, 0.4) is 0 Å². The largest absolute Gasteiger partial charge is 0.483 e. The summed E-state index contributed by atoms with van der Waals surface area (Å²) in [5.41, 5.74) is 1.88. The lowest BCUT2D eigenvalue weighted by Gasteiger charge is -2.10. The van der Waals surface area contributed by atoms with Crippen LogP contribution in [-0.2, 0) is 9.53 Å². The average molecular weight is 318 g/mol. The van der Waals surface area contributed by atoms with Gasteiger partial charge in [0.25, 0.3) is 5.91 Å². The van der Waals surface area contributed by atoms with Gasteiger partial charge in [0.2, 0.25) is 0 Å². The summed E-state index contributed by atoms with van der Waals surface area (Å²) in [6.07, 6.45) is 1.12. The summed E-state index contributed by atoms with van der Waals surface area (Å²) in [5, 5.41) is 2.42. The molecule has 7 heteroatoms. The molecule has 1 aromatic carbocycles. The number of aryl methyl sites for hydroxylation is 2. The summed E-state index contributed by atoms with van der Waals surface area (Å²) in [5.74, 6) is -0.379. The average Bonchev–Trinajstić information content (AvgIpc) is 2.95. The molecule has 122 valence electrons. The number of aromatic nitrogens is 1. The molecule has 0 saturated carbocycles. The van der Waals surface area contributed by atoms with Gasteiger partial charge in [0.1, 0.15) is 12.0 Å². The standard InChI is InChI=1S/C16H18N2O5/c1-4-21-15(20)12-8-23-16(17-12)18-13(19)9-22-14-10(2)6-5-7-11(14)3/h5-8H,4,9H2,1-3H3,(H,17,18,19). The van der Waals surface area contributed by atoms with E-state index >= 15 is 0 Å². The first-order chi connectivity index (χ1) is 11.0. The van der Waals surface area contributed by atoms with Gasteiger partial charge in [0.05, 0.1) is 6.61 Å². The second-order valence-electron chi connectivity index (χ2n) is 4.82. The Kier molecular flexibility index (Phi) is 5.35. The highest BCUT2D eigenvalue weighted by molar-refractivity contribution is 5.91. The van der Waals surface area contributed by atoms with Gasteiger partial charge in [-0.3, -0.25) is 10.1 Å². The first-order valence-corrected chi connectivity index (χ1v) is 7.12. The summed E-state index contributed by atoms with van der Waals surface area (Å²) in [4.78, 5) is 27.1. The Labute approximate surface area is 133 Å². The topological polar surface area (TPSA) is 90.7 Å². The van der Waals surface area contributed by atoms with E-state index in [0.717, 1.165) is 17.4 Å². The number of anilines is 1. The number of ether oxygens (including phenoxy) is 2. The maximum absolute atomic E-state index is 11.9. The molecule has 1 N–H and O–H groups in total. The van der Waals surface area contributed by atoms with Crippen molar-refractivity contribution in [1.29, 1.82) is 0 Å². The van der Waals surface area contributed by atoms with E-state index in [1.165, 1.54) is 0 Å². The zero-order chi connectivity index (χ0) is 16.8. The number of carbonyl (C=O) groups is 2. The fourth-order valence-electron chi connectivity index (χ4n) is 1.95. The van der Waals surface area contributed by atoms with E-state index < -0.39 is 11.9 Å². The van der Waals surface area contributed by atoms with Crippen molar-refractivity contribution >= 4 is 17.9 Å². The molecule has 2 rings (SSSR count). The maximum atomic E-state index is 11.9. The third-order valence-corrected chi connectivity index (χ3v) is 2.99. The minimum absolute atomic E-state index is 0.00202. The molecule has 1 heterocycles. The molecule has 0 aliphatic rings. The Morgan fingerprint density at radius 3 is 2.61 bits per heavy atom.